The summed E-state index contributed by atoms with van der Waals surface area (Å²) in [6.45, 7) is 3.74. The Bertz CT molecular complexity index is 226. The Morgan fingerprint density at radius 2 is 1.88 bits per heavy atom. The molecule has 0 aromatic heterocycles. The van der Waals surface area contributed by atoms with E-state index in [1.165, 1.54) is 45.3 Å². The van der Waals surface area contributed by atoms with Gasteiger partial charge in [0.2, 0.25) is 0 Å². The van der Waals surface area contributed by atoms with Crippen molar-refractivity contribution in [2.75, 3.05) is 33.7 Å². The molecule has 2 rings (SSSR count). The minimum absolute atomic E-state index is 0.0475. The molecule has 2 aliphatic rings. The van der Waals surface area contributed by atoms with Crippen LogP contribution in [0.1, 0.15) is 38.5 Å². The highest BCUT2D eigenvalue weighted by Crippen LogP contribution is 2.24. The number of nitrogens with zero attached hydrogens (tertiary/aromatic N) is 2. The summed E-state index contributed by atoms with van der Waals surface area (Å²) < 4.78 is 0. The predicted molar refractivity (Wildman–Crippen MR) is 71.1 cm³/mol. The number of aliphatic hydroxyl groups excluding tert-OH is 1. The molecule has 17 heavy (non-hydrogen) atoms. The molecule has 0 amide bonds. The highest BCUT2D eigenvalue weighted by atomic mass is 16.3. The normalized spacial score (nSPS) is 33.2. The molecule has 3 nitrogen and oxygen atoms in total. The largest absolute Gasteiger partial charge is 0.393 e. The summed E-state index contributed by atoms with van der Waals surface area (Å²) in [7, 11) is 4.47. The second kappa shape index (κ2) is 6.17. The van der Waals surface area contributed by atoms with E-state index >= 15 is 0 Å². The highest BCUT2D eigenvalue weighted by molar-refractivity contribution is 4.81. The fraction of sp³-hybridized carbons (Fsp3) is 1.00. The zero-order valence-electron chi connectivity index (χ0n) is 11.4. The van der Waals surface area contributed by atoms with Crippen LogP contribution in [0.2, 0.25) is 0 Å². The molecule has 1 saturated heterocycles. The van der Waals surface area contributed by atoms with Crippen molar-refractivity contribution >= 4 is 0 Å². The maximum absolute atomic E-state index is 9.74. The van der Waals surface area contributed by atoms with Crippen LogP contribution < -0.4 is 0 Å². The molecule has 1 aliphatic carbocycles. The quantitative estimate of drug-likeness (QED) is 0.811. The van der Waals surface area contributed by atoms with Gasteiger partial charge < -0.3 is 14.9 Å². The molecule has 0 bridgehead atoms. The summed E-state index contributed by atoms with van der Waals surface area (Å²) in [5.41, 5.74) is 0. The van der Waals surface area contributed by atoms with E-state index < -0.39 is 0 Å². The van der Waals surface area contributed by atoms with Gasteiger partial charge in [-0.05, 0) is 71.6 Å². The summed E-state index contributed by atoms with van der Waals surface area (Å²) in [5.74, 6) is 0.871. The molecular weight excluding hydrogens is 212 g/mol. The third-order valence-electron chi connectivity index (χ3n) is 4.63. The zero-order chi connectivity index (χ0) is 12.3. The molecule has 2 atom stereocenters. The summed E-state index contributed by atoms with van der Waals surface area (Å²) in [5, 5.41) is 9.74. The number of piperidine rings is 1. The number of aliphatic hydroxyl groups is 1. The van der Waals surface area contributed by atoms with E-state index in [9.17, 15) is 5.11 Å². The standard InChI is InChI=1S/C14H28N2O/c1-15-8-6-12(7-9-15)11-16(2)13-4-3-5-14(17)10-13/h12-14,17H,3-11H2,1-2H3. The second-order valence-electron chi connectivity index (χ2n) is 6.16. The first-order valence-corrected chi connectivity index (χ1v) is 7.22. The van der Waals surface area contributed by atoms with Crippen molar-refractivity contribution in [2.24, 2.45) is 5.92 Å². The first-order valence-electron chi connectivity index (χ1n) is 7.22. The van der Waals surface area contributed by atoms with Crippen molar-refractivity contribution in [1.82, 2.24) is 9.80 Å². The van der Waals surface area contributed by atoms with Gasteiger partial charge in [-0.15, -0.1) is 0 Å². The minimum Gasteiger partial charge on any atom is -0.393 e. The maximum Gasteiger partial charge on any atom is 0.0555 e. The van der Waals surface area contributed by atoms with Gasteiger partial charge in [0.25, 0.3) is 0 Å². The lowest BCUT2D eigenvalue weighted by Gasteiger charge is -2.37. The maximum atomic E-state index is 9.74. The molecule has 1 N–H and O–H groups in total. The molecular formula is C14H28N2O. The van der Waals surface area contributed by atoms with Gasteiger partial charge in [-0.2, -0.15) is 0 Å². The SMILES string of the molecule is CN1CCC(CN(C)C2CCCC(O)C2)CC1. The molecule has 0 aromatic carbocycles. The van der Waals surface area contributed by atoms with E-state index in [4.69, 9.17) is 0 Å². The van der Waals surface area contributed by atoms with Crippen molar-refractivity contribution in [3.63, 3.8) is 0 Å². The number of hydrogen-bond donors (Lipinski definition) is 1. The monoisotopic (exact) mass is 240 g/mol. The van der Waals surface area contributed by atoms with Crippen molar-refractivity contribution in [3.05, 3.63) is 0 Å². The summed E-state index contributed by atoms with van der Waals surface area (Å²) in [6.07, 6.45) is 7.12. The van der Waals surface area contributed by atoms with Gasteiger partial charge in [-0.25, -0.2) is 0 Å². The molecule has 0 spiro atoms. The van der Waals surface area contributed by atoms with Gasteiger partial charge in [0.05, 0.1) is 6.10 Å². The van der Waals surface area contributed by atoms with Crippen molar-refractivity contribution in [3.8, 4) is 0 Å². The first kappa shape index (κ1) is 13.3. The Hall–Kier alpha value is -0.120. The Kier molecular flexibility index (Phi) is 4.83. The molecule has 1 heterocycles. The van der Waals surface area contributed by atoms with Crippen LogP contribution in [0.15, 0.2) is 0 Å². The Balaban J connectivity index is 1.74. The fourth-order valence-electron chi connectivity index (χ4n) is 3.34. The van der Waals surface area contributed by atoms with E-state index in [1.54, 1.807) is 0 Å². The lowest BCUT2D eigenvalue weighted by Crippen LogP contribution is -2.42. The lowest BCUT2D eigenvalue weighted by molar-refractivity contribution is 0.0604. The number of rotatable bonds is 3. The Morgan fingerprint density at radius 3 is 2.53 bits per heavy atom. The van der Waals surface area contributed by atoms with Crippen LogP contribution in [0.5, 0.6) is 0 Å². The van der Waals surface area contributed by atoms with Gasteiger partial charge in [-0.3, -0.25) is 0 Å². The minimum atomic E-state index is -0.0475. The van der Waals surface area contributed by atoms with Crippen LogP contribution in [0, 0.1) is 5.92 Å². The van der Waals surface area contributed by atoms with Crippen molar-refractivity contribution < 1.29 is 5.11 Å². The van der Waals surface area contributed by atoms with E-state index in [-0.39, 0.29) is 6.10 Å². The summed E-state index contributed by atoms with van der Waals surface area (Å²) >= 11 is 0. The third kappa shape index (κ3) is 3.94. The fourth-order valence-corrected chi connectivity index (χ4v) is 3.34. The average Bonchev–Trinajstić information content (AvgIpc) is 2.32. The van der Waals surface area contributed by atoms with Gasteiger partial charge >= 0.3 is 0 Å². The number of likely N-dealkylation sites (tertiary alicyclic amines) is 1. The molecule has 1 saturated carbocycles. The van der Waals surface area contributed by atoms with E-state index in [0.29, 0.717) is 6.04 Å². The van der Waals surface area contributed by atoms with Gasteiger partial charge in [0.1, 0.15) is 0 Å². The molecule has 0 radical (unpaired) electrons. The highest BCUT2D eigenvalue weighted by Gasteiger charge is 2.26. The molecule has 2 unspecified atom stereocenters. The summed E-state index contributed by atoms with van der Waals surface area (Å²) in [4.78, 5) is 4.94. The van der Waals surface area contributed by atoms with Gasteiger partial charge in [0, 0.05) is 12.6 Å². The molecule has 100 valence electrons. The first-order chi connectivity index (χ1) is 8.15. The Morgan fingerprint density at radius 1 is 1.18 bits per heavy atom. The third-order valence-corrected chi connectivity index (χ3v) is 4.63. The molecule has 3 heteroatoms. The van der Waals surface area contributed by atoms with E-state index in [2.05, 4.69) is 23.9 Å². The smallest absolute Gasteiger partial charge is 0.0555 e. The van der Waals surface area contributed by atoms with Crippen LogP contribution >= 0.6 is 0 Å². The topological polar surface area (TPSA) is 26.7 Å². The van der Waals surface area contributed by atoms with E-state index in [1.807, 2.05) is 0 Å². The van der Waals surface area contributed by atoms with Crippen LogP contribution in [0.25, 0.3) is 0 Å². The van der Waals surface area contributed by atoms with Gasteiger partial charge in [0.15, 0.2) is 0 Å². The second-order valence-corrected chi connectivity index (χ2v) is 6.16. The molecule has 0 aromatic rings. The van der Waals surface area contributed by atoms with Gasteiger partial charge in [-0.1, -0.05) is 0 Å². The molecule has 2 fully saturated rings. The van der Waals surface area contributed by atoms with Crippen molar-refractivity contribution in [2.45, 2.75) is 50.7 Å². The summed E-state index contributed by atoms with van der Waals surface area (Å²) in [6, 6.07) is 0.624. The lowest BCUT2D eigenvalue weighted by atomic mass is 9.90. The Labute approximate surface area is 106 Å². The molecule has 1 aliphatic heterocycles. The van der Waals surface area contributed by atoms with E-state index in [0.717, 1.165) is 18.8 Å². The van der Waals surface area contributed by atoms with Crippen molar-refractivity contribution in [1.29, 1.82) is 0 Å². The number of hydrogen-bond acceptors (Lipinski definition) is 3. The average molecular weight is 240 g/mol. The van der Waals surface area contributed by atoms with Crippen LogP contribution in [-0.2, 0) is 0 Å². The predicted octanol–water partition coefficient (Wildman–Crippen LogP) is 1.56. The van der Waals surface area contributed by atoms with Crippen LogP contribution in [-0.4, -0.2) is 60.8 Å². The van der Waals surface area contributed by atoms with Crippen LogP contribution in [0.4, 0.5) is 0 Å². The zero-order valence-corrected chi connectivity index (χ0v) is 11.4. The van der Waals surface area contributed by atoms with Crippen LogP contribution in [0.3, 0.4) is 0 Å².